The van der Waals surface area contributed by atoms with Crippen LogP contribution in [0.3, 0.4) is 0 Å². The molecule has 34 heavy (non-hydrogen) atoms. The number of benzene rings is 2. The predicted octanol–water partition coefficient (Wildman–Crippen LogP) is 6.04. The summed E-state index contributed by atoms with van der Waals surface area (Å²) in [6, 6.07) is 11.5. The number of carbonyl (C=O) groups is 2. The van der Waals surface area contributed by atoms with Crippen LogP contribution in [0.25, 0.3) is 0 Å². The van der Waals surface area contributed by atoms with Crippen LogP contribution in [0, 0.1) is 5.92 Å². The summed E-state index contributed by atoms with van der Waals surface area (Å²) < 4.78 is 50.5. The molecule has 0 aliphatic heterocycles. The summed E-state index contributed by atoms with van der Waals surface area (Å²) in [5.74, 6) is -0.453. The highest BCUT2D eigenvalue weighted by Crippen LogP contribution is 2.36. The van der Waals surface area contributed by atoms with Crippen molar-refractivity contribution in [2.75, 3.05) is 19.7 Å². The average Bonchev–Trinajstić information content (AvgIpc) is 2.76. The average molecular weight is 482 g/mol. The van der Waals surface area contributed by atoms with E-state index in [1.165, 1.54) is 17.0 Å². The van der Waals surface area contributed by atoms with Crippen LogP contribution in [0.5, 0.6) is 11.5 Å². The number of ether oxygens (including phenoxy) is 2. The van der Waals surface area contributed by atoms with Gasteiger partial charge in [0, 0.05) is 13.0 Å². The quantitative estimate of drug-likeness (QED) is 0.400. The van der Waals surface area contributed by atoms with Crippen molar-refractivity contribution in [1.82, 2.24) is 4.90 Å². The van der Waals surface area contributed by atoms with Crippen LogP contribution in [-0.2, 0) is 17.4 Å². The monoisotopic (exact) mass is 481 g/mol. The second-order valence-electron chi connectivity index (χ2n) is 8.27. The fourth-order valence-electron chi connectivity index (χ4n) is 3.21. The molecule has 0 saturated heterocycles. The number of carboxylic acid groups (broad SMARTS) is 1. The van der Waals surface area contributed by atoms with Gasteiger partial charge in [-0.1, -0.05) is 38.1 Å². The molecule has 1 N–H and O–H groups in total. The molecule has 0 fully saturated rings. The van der Waals surface area contributed by atoms with Gasteiger partial charge in [-0.25, -0.2) is 4.79 Å². The summed E-state index contributed by atoms with van der Waals surface area (Å²) in [6.45, 7) is 4.66. The van der Waals surface area contributed by atoms with Crippen molar-refractivity contribution in [3.05, 3.63) is 59.7 Å². The number of amides is 1. The first kappa shape index (κ1) is 27.0. The van der Waals surface area contributed by atoms with E-state index in [0.717, 1.165) is 24.1 Å². The van der Waals surface area contributed by atoms with Crippen molar-refractivity contribution < 1.29 is 37.3 Å². The molecular formula is C25H30F3NO5. The van der Waals surface area contributed by atoms with Crippen molar-refractivity contribution in [3.8, 4) is 11.5 Å². The maximum atomic E-state index is 13.2. The van der Waals surface area contributed by atoms with Crippen LogP contribution in [0.4, 0.5) is 18.0 Å². The Balaban J connectivity index is 1.99. The zero-order valence-electron chi connectivity index (χ0n) is 19.3. The highest BCUT2D eigenvalue weighted by Gasteiger charge is 2.35. The fourth-order valence-corrected chi connectivity index (χ4v) is 3.21. The van der Waals surface area contributed by atoms with Crippen molar-refractivity contribution in [3.63, 3.8) is 0 Å². The molecular weight excluding hydrogens is 451 g/mol. The summed E-state index contributed by atoms with van der Waals surface area (Å²) >= 11 is 0. The largest absolute Gasteiger partial charge is 0.492 e. The molecule has 0 spiro atoms. The number of hydrogen-bond donors (Lipinski definition) is 1. The lowest BCUT2D eigenvalue weighted by molar-refractivity contribution is -0.139. The van der Waals surface area contributed by atoms with E-state index in [2.05, 4.69) is 0 Å². The zero-order chi connectivity index (χ0) is 25.1. The molecule has 0 bridgehead atoms. The first-order valence-electron chi connectivity index (χ1n) is 11.1. The Morgan fingerprint density at radius 3 is 2.32 bits per heavy atom. The van der Waals surface area contributed by atoms with E-state index < -0.39 is 29.6 Å². The molecule has 2 rings (SSSR count). The lowest BCUT2D eigenvalue weighted by Crippen LogP contribution is -2.38. The Morgan fingerprint density at radius 2 is 1.71 bits per heavy atom. The minimum absolute atomic E-state index is 0.0329. The lowest BCUT2D eigenvalue weighted by atomic mass is 10.1. The number of halogens is 3. The number of alkyl halides is 3. The van der Waals surface area contributed by atoms with E-state index in [1.54, 1.807) is 24.3 Å². The number of nitrogens with zero attached hydrogens (tertiary/aromatic N) is 1. The first-order chi connectivity index (χ1) is 16.1. The van der Waals surface area contributed by atoms with Crippen LogP contribution in [-0.4, -0.2) is 41.8 Å². The van der Waals surface area contributed by atoms with Gasteiger partial charge >= 0.3 is 18.2 Å². The molecule has 2 aromatic carbocycles. The van der Waals surface area contributed by atoms with Gasteiger partial charge in [-0.15, -0.1) is 0 Å². The van der Waals surface area contributed by atoms with Gasteiger partial charge in [-0.05, 0) is 55.0 Å². The van der Waals surface area contributed by atoms with Gasteiger partial charge in [-0.3, -0.25) is 4.79 Å². The summed E-state index contributed by atoms with van der Waals surface area (Å²) in [5, 5.41) is 8.76. The molecule has 0 aromatic heterocycles. The minimum atomic E-state index is -4.64. The molecule has 1 amide bonds. The zero-order valence-corrected chi connectivity index (χ0v) is 19.3. The van der Waals surface area contributed by atoms with E-state index in [9.17, 15) is 22.8 Å². The lowest BCUT2D eigenvalue weighted by Gasteiger charge is -2.23. The van der Waals surface area contributed by atoms with Crippen molar-refractivity contribution in [2.45, 2.75) is 45.7 Å². The molecule has 0 heterocycles. The smallest absolute Gasteiger partial charge is 0.419 e. The van der Waals surface area contributed by atoms with Gasteiger partial charge < -0.3 is 19.5 Å². The summed E-state index contributed by atoms with van der Waals surface area (Å²) in [7, 11) is 0. The highest BCUT2D eigenvalue weighted by atomic mass is 19.4. The Hall–Kier alpha value is -3.23. The molecule has 6 nitrogen and oxygen atoms in total. The summed E-state index contributed by atoms with van der Waals surface area (Å²) in [4.78, 5) is 24.7. The van der Waals surface area contributed by atoms with Crippen LogP contribution in [0.1, 0.15) is 44.2 Å². The highest BCUT2D eigenvalue weighted by molar-refractivity contribution is 5.71. The minimum Gasteiger partial charge on any atom is -0.492 e. The van der Waals surface area contributed by atoms with Crippen LogP contribution >= 0.6 is 0 Å². The Kier molecular flexibility index (Phi) is 10.2. The van der Waals surface area contributed by atoms with Gasteiger partial charge in [0.1, 0.15) is 18.1 Å². The number of carboxylic acids is 1. The van der Waals surface area contributed by atoms with Gasteiger partial charge in [0.05, 0.1) is 12.1 Å². The SMILES string of the molecule is CC(C)CCCN(CCOc1ccc(CCC(=O)O)cc1)C(=O)Oc1ccccc1C(F)(F)F. The number of carbonyl (C=O) groups excluding carboxylic acids is 1. The van der Waals surface area contributed by atoms with Crippen molar-refractivity contribution >= 4 is 12.1 Å². The molecule has 0 saturated carbocycles. The van der Waals surface area contributed by atoms with E-state index in [1.807, 2.05) is 13.8 Å². The molecule has 0 aliphatic rings. The molecule has 0 aliphatic carbocycles. The molecule has 0 unspecified atom stereocenters. The maximum absolute atomic E-state index is 13.2. The molecule has 9 heteroatoms. The third kappa shape index (κ3) is 9.33. The first-order valence-corrected chi connectivity index (χ1v) is 11.1. The molecule has 2 aromatic rings. The van der Waals surface area contributed by atoms with Gasteiger partial charge in [0.2, 0.25) is 0 Å². The maximum Gasteiger partial charge on any atom is 0.419 e. The van der Waals surface area contributed by atoms with Crippen molar-refractivity contribution in [2.24, 2.45) is 5.92 Å². The van der Waals surface area contributed by atoms with Gasteiger partial charge in [-0.2, -0.15) is 13.2 Å². The molecule has 0 radical (unpaired) electrons. The second kappa shape index (κ2) is 12.9. The van der Waals surface area contributed by atoms with E-state index >= 15 is 0 Å². The Bertz CT molecular complexity index is 929. The third-order valence-corrected chi connectivity index (χ3v) is 5.04. The number of para-hydroxylation sites is 1. The Morgan fingerprint density at radius 1 is 1.03 bits per heavy atom. The summed E-state index contributed by atoms with van der Waals surface area (Å²) in [6.07, 6.45) is -3.55. The number of hydrogen-bond acceptors (Lipinski definition) is 4. The van der Waals surface area contributed by atoms with E-state index in [0.29, 0.717) is 31.1 Å². The normalized spacial score (nSPS) is 11.4. The molecule has 186 valence electrons. The van der Waals surface area contributed by atoms with E-state index in [-0.39, 0.29) is 19.6 Å². The summed E-state index contributed by atoms with van der Waals surface area (Å²) in [5.41, 5.74) is -0.151. The topological polar surface area (TPSA) is 76.1 Å². The van der Waals surface area contributed by atoms with E-state index in [4.69, 9.17) is 14.6 Å². The van der Waals surface area contributed by atoms with Crippen molar-refractivity contribution in [1.29, 1.82) is 0 Å². The molecule has 0 atom stereocenters. The predicted molar refractivity (Wildman–Crippen MR) is 121 cm³/mol. The third-order valence-electron chi connectivity index (χ3n) is 5.04. The van der Waals surface area contributed by atoms with Crippen LogP contribution in [0.15, 0.2) is 48.5 Å². The van der Waals surface area contributed by atoms with Crippen LogP contribution < -0.4 is 9.47 Å². The van der Waals surface area contributed by atoms with Gasteiger partial charge in [0.15, 0.2) is 0 Å². The Labute approximate surface area is 197 Å². The number of rotatable bonds is 12. The fraction of sp³-hybridized carbons (Fsp3) is 0.440. The van der Waals surface area contributed by atoms with Gasteiger partial charge in [0.25, 0.3) is 0 Å². The standard InChI is InChI=1S/C25H30F3NO5/c1-18(2)6-5-15-29(24(32)34-22-8-4-3-7-21(22)25(26,27)28)16-17-33-20-12-9-19(10-13-20)11-14-23(30)31/h3-4,7-10,12-13,18H,5-6,11,14-17H2,1-2H3,(H,30,31). The van der Waals surface area contributed by atoms with Crippen LogP contribution in [0.2, 0.25) is 0 Å². The number of aryl methyl sites for hydroxylation is 1. The second-order valence-corrected chi connectivity index (χ2v) is 8.27. The number of aliphatic carboxylic acids is 1.